The molecule has 2 aromatic carbocycles. The lowest BCUT2D eigenvalue weighted by Gasteiger charge is -2.16. The average Bonchev–Trinajstić information content (AvgIpc) is 2.68. The Kier molecular flexibility index (Phi) is 5.98. The molecule has 3 aromatic rings. The van der Waals surface area contributed by atoms with Crippen LogP contribution < -0.4 is 15.5 Å². The summed E-state index contributed by atoms with van der Waals surface area (Å²) in [4.78, 5) is 25.0. The first-order chi connectivity index (χ1) is 13.8. The summed E-state index contributed by atoms with van der Waals surface area (Å²) in [6, 6.07) is 12.0. The van der Waals surface area contributed by atoms with Crippen molar-refractivity contribution < 1.29 is 13.9 Å². The Hall–Kier alpha value is -3.19. The van der Waals surface area contributed by atoms with Crippen LogP contribution in [0.3, 0.4) is 0 Å². The molecule has 29 heavy (non-hydrogen) atoms. The van der Waals surface area contributed by atoms with E-state index in [1.165, 1.54) is 30.0 Å². The summed E-state index contributed by atoms with van der Waals surface area (Å²) < 4.78 is 20.3. The van der Waals surface area contributed by atoms with E-state index in [0.29, 0.717) is 22.0 Å². The van der Waals surface area contributed by atoms with Crippen LogP contribution in [0, 0.1) is 12.7 Å². The largest absolute Gasteiger partial charge is 0.494 e. The van der Waals surface area contributed by atoms with E-state index in [2.05, 4.69) is 10.4 Å². The van der Waals surface area contributed by atoms with Crippen LogP contribution in [0.5, 0.6) is 5.75 Å². The Morgan fingerprint density at radius 2 is 1.90 bits per heavy atom. The molecular formula is C21H19ClFN3O3. The zero-order chi connectivity index (χ0) is 21.1. The Bertz CT molecular complexity index is 1110. The second kappa shape index (κ2) is 8.45. The third-order valence-corrected chi connectivity index (χ3v) is 4.67. The number of amides is 1. The predicted octanol–water partition coefficient (Wildman–Crippen LogP) is 3.83. The zero-order valence-electron chi connectivity index (χ0n) is 16.1. The molecule has 0 saturated heterocycles. The van der Waals surface area contributed by atoms with Gasteiger partial charge in [-0.05, 0) is 55.8 Å². The lowest BCUT2D eigenvalue weighted by Crippen LogP contribution is -2.33. The van der Waals surface area contributed by atoms with Crippen LogP contribution in [-0.4, -0.2) is 22.8 Å². The lowest BCUT2D eigenvalue weighted by molar-refractivity contribution is 0.0931. The summed E-state index contributed by atoms with van der Waals surface area (Å²) >= 11 is 5.91. The summed E-state index contributed by atoms with van der Waals surface area (Å²) in [6.45, 7) is 3.40. The quantitative estimate of drug-likeness (QED) is 0.687. The zero-order valence-corrected chi connectivity index (χ0v) is 16.8. The van der Waals surface area contributed by atoms with E-state index in [0.717, 1.165) is 0 Å². The molecule has 1 atom stereocenters. The van der Waals surface area contributed by atoms with Crippen molar-refractivity contribution in [1.29, 1.82) is 0 Å². The number of aryl methyl sites for hydroxylation is 1. The third kappa shape index (κ3) is 4.46. The number of carbonyl (C=O) groups excluding carboxylic acids is 1. The standard InChI is InChI=1S/C21H19ClFN3O3/c1-12-10-18(27)20(25-26(12)16-7-5-15(22)6-8-16)21(28)24-13(2)14-4-9-19(29-3)17(23)11-14/h4-11,13H,1-3H3,(H,24,28). The Morgan fingerprint density at radius 1 is 1.21 bits per heavy atom. The molecule has 0 spiro atoms. The molecule has 0 radical (unpaired) electrons. The van der Waals surface area contributed by atoms with E-state index in [1.54, 1.807) is 44.2 Å². The van der Waals surface area contributed by atoms with E-state index < -0.39 is 23.2 Å². The predicted molar refractivity (Wildman–Crippen MR) is 108 cm³/mol. The molecule has 8 heteroatoms. The first-order valence-corrected chi connectivity index (χ1v) is 9.19. The highest BCUT2D eigenvalue weighted by Crippen LogP contribution is 2.22. The van der Waals surface area contributed by atoms with Gasteiger partial charge in [0, 0.05) is 16.8 Å². The minimum atomic E-state index is -0.651. The molecule has 0 saturated carbocycles. The van der Waals surface area contributed by atoms with Crippen LogP contribution in [0.1, 0.15) is 34.7 Å². The number of rotatable bonds is 5. The van der Waals surface area contributed by atoms with E-state index >= 15 is 0 Å². The molecule has 150 valence electrons. The Balaban J connectivity index is 1.89. The number of carbonyl (C=O) groups is 1. The fourth-order valence-corrected chi connectivity index (χ4v) is 2.97. The molecule has 0 fully saturated rings. The second-order valence-electron chi connectivity index (χ2n) is 6.48. The maximum Gasteiger partial charge on any atom is 0.276 e. The second-order valence-corrected chi connectivity index (χ2v) is 6.91. The van der Waals surface area contributed by atoms with E-state index in [1.807, 2.05) is 0 Å². The molecular weight excluding hydrogens is 397 g/mol. The van der Waals surface area contributed by atoms with E-state index in [4.69, 9.17) is 16.3 Å². The molecule has 1 aromatic heterocycles. The number of hydrogen-bond donors (Lipinski definition) is 1. The van der Waals surface area contributed by atoms with Crippen molar-refractivity contribution in [1.82, 2.24) is 15.1 Å². The van der Waals surface area contributed by atoms with Crippen molar-refractivity contribution in [2.45, 2.75) is 19.9 Å². The van der Waals surface area contributed by atoms with Gasteiger partial charge < -0.3 is 10.1 Å². The number of benzene rings is 2. The van der Waals surface area contributed by atoms with Gasteiger partial charge in [0.05, 0.1) is 18.8 Å². The monoisotopic (exact) mass is 415 g/mol. The average molecular weight is 416 g/mol. The first-order valence-electron chi connectivity index (χ1n) is 8.81. The van der Waals surface area contributed by atoms with E-state index in [-0.39, 0.29) is 11.4 Å². The maximum absolute atomic E-state index is 13.9. The maximum atomic E-state index is 13.9. The van der Waals surface area contributed by atoms with Gasteiger partial charge in [-0.2, -0.15) is 5.10 Å². The van der Waals surface area contributed by atoms with Gasteiger partial charge in [0.25, 0.3) is 5.91 Å². The highest BCUT2D eigenvalue weighted by molar-refractivity contribution is 6.30. The van der Waals surface area contributed by atoms with Crippen molar-refractivity contribution in [3.8, 4) is 11.4 Å². The summed E-state index contributed by atoms with van der Waals surface area (Å²) in [5.74, 6) is -1.08. The Morgan fingerprint density at radius 3 is 2.52 bits per heavy atom. The van der Waals surface area contributed by atoms with Crippen LogP contribution in [0.25, 0.3) is 5.69 Å². The van der Waals surface area contributed by atoms with Gasteiger partial charge in [-0.25, -0.2) is 9.07 Å². The minimum Gasteiger partial charge on any atom is -0.494 e. The van der Waals surface area contributed by atoms with Gasteiger partial charge in [0.1, 0.15) is 0 Å². The van der Waals surface area contributed by atoms with Crippen molar-refractivity contribution in [2.24, 2.45) is 0 Å². The van der Waals surface area contributed by atoms with Gasteiger partial charge in [-0.15, -0.1) is 0 Å². The highest BCUT2D eigenvalue weighted by Gasteiger charge is 2.19. The fraction of sp³-hybridized carbons (Fsp3) is 0.190. The normalized spacial score (nSPS) is 11.8. The minimum absolute atomic E-state index is 0.110. The molecule has 0 bridgehead atoms. The molecule has 1 heterocycles. The van der Waals surface area contributed by atoms with Gasteiger partial charge in [0.15, 0.2) is 17.3 Å². The highest BCUT2D eigenvalue weighted by atomic mass is 35.5. The number of nitrogens with zero attached hydrogens (tertiary/aromatic N) is 2. The van der Waals surface area contributed by atoms with Crippen molar-refractivity contribution in [3.63, 3.8) is 0 Å². The fourth-order valence-electron chi connectivity index (χ4n) is 2.85. The smallest absolute Gasteiger partial charge is 0.276 e. The molecule has 3 rings (SSSR count). The Labute approximate surface area is 171 Å². The summed E-state index contributed by atoms with van der Waals surface area (Å²) in [5.41, 5.74) is 0.997. The van der Waals surface area contributed by atoms with Crippen LogP contribution in [-0.2, 0) is 0 Å². The van der Waals surface area contributed by atoms with E-state index in [9.17, 15) is 14.0 Å². The molecule has 0 aliphatic heterocycles. The summed E-state index contributed by atoms with van der Waals surface area (Å²) in [7, 11) is 1.37. The molecule has 1 N–H and O–H groups in total. The molecule has 6 nitrogen and oxygen atoms in total. The number of methoxy groups -OCH3 is 1. The van der Waals surface area contributed by atoms with Crippen molar-refractivity contribution in [3.05, 3.63) is 86.5 Å². The summed E-state index contributed by atoms with van der Waals surface area (Å²) in [5, 5.41) is 7.46. The molecule has 1 amide bonds. The number of nitrogens with one attached hydrogen (secondary N) is 1. The van der Waals surface area contributed by atoms with Gasteiger partial charge >= 0.3 is 0 Å². The van der Waals surface area contributed by atoms with Crippen LogP contribution in [0.2, 0.25) is 5.02 Å². The van der Waals surface area contributed by atoms with Crippen LogP contribution in [0.15, 0.2) is 53.3 Å². The number of ether oxygens (including phenoxy) is 1. The van der Waals surface area contributed by atoms with Crippen molar-refractivity contribution in [2.75, 3.05) is 7.11 Å². The molecule has 0 aliphatic carbocycles. The van der Waals surface area contributed by atoms with Crippen LogP contribution in [0.4, 0.5) is 4.39 Å². The summed E-state index contributed by atoms with van der Waals surface area (Å²) in [6.07, 6.45) is 0. The SMILES string of the molecule is COc1ccc(C(C)NC(=O)c2nn(-c3ccc(Cl)cc3)c(C)cc2=O)cc1F. The van der Waals surface area contributed by atoms with Gasteiger partial charge in [-0.3, -0.25) is 9.59 Å². The lowest BCUT2D eigenvalue weighted by atomic mass is 10.1. The van der Waals surface area contributed by atoms with Crippen molar-refractivity contribution >= 4 is 17.5 Å². The van der Waals surface area contributed by atoms with Crippen LogP contribution >= 0.6 is 11.6 Å². The number of aromatic nitrogens is 2. The first kappa shape index (κ1) is 20.5. The molecule has 1 unspecified atom stereocenters. The van der Waals surface area contributed by atoms with Gasteiger partial charge in [0.2, 0.25) is 5.43 Å². The molecule has 0 aliphatic rings. The third-order valence-electron chi connectivity index (χ3n) is 4.42. The number of hydrogen-bond acceptors (Lipinski definition) is 4. The number of halogens is 2. The van der Waals surface area contributed by atoms with Gasteiger partial charge in [-0.1, -0.05) is 17.7 Å². The topological polar surface area (TPSA) is 73.2 Å².